The summed E-state index contributed by atoms with van der Waals surface area (Å²) < 4.78 is 0. The van der Waals surface area contributed by atoms with Crippen LogP contribution >= 0.6 is 11.6 Å². The summed E-state index contributed by atoms with van der Waals surface area (Å²) in [6, 6.07) is 7.32. The van der Waals surface area contributed by atoms with E-state index in [9.17, 15) is 10.1 Å². The van der Waals surface area contributed by atoms with Gasteiger partial charge in [0.2, 0.25) is 0 Å². The summed E-state index contributed by atoms with van der Waals surface area (Å²) in [5.74, 6) is 0. The van der Waals surface area contributed by atoms with E-state index in [1.807, 2.05) is 0 Å². The van der Waals surface area contributed by atoms with Crippen molar-refractivity contribution in [1.29, 1.82) is 10.5 Å². The fraction of sp³-hybridized carbons (Fsp3) is 0. The second-order valence-electron chi connectivity index (χ2n) is 2.85. The Morgan fingerprint density at radius 2 is 2.12 bits per heavy atom. The van der Waals surface area contributed by atoms with E-state index in [2.05, 4.69) is 5.32 Å². The van der Waals surface area contributed by atoms with E-state index in [4.69, 9.17) is 22.1 Å². The molecule has 0 fully saturated rings. The van der Waals surface area contributed by atoms with Gasteiger partial charge < -0.3 is 5.32 Å². The number of nitrogens with one attached hydrogen (secondary N) is 1. The van der Waals surface area contributed by atoms with E-state index in [1.54, 1.807) is 12.1 Å². The van der Waals surface area contributed by atoms with Gasteiger partial charge in [-0.05, 0) is 12.1 Å². The summed E-state index contributed by atoms with van der Waals surface area (Å²) >= 11 is 5.68. The van der Waals surface area contributed by atoms with Crippen molar-refractivity contribution in [3.63, 3.8) is 0 Å². The van der Waals surface area contributed by atoms with Gasteiger partial charge in [0, 0.05) is 18.0 Å². The van der Waals surface area contributed by atoms with Gasteiger partial charge in [0.15, 0.2) is 0 Å². The minimum atomic E-state index is -0.599. The van der Waals surface area contributed by atoms with Gasteiger partial charge in [0.1, 0.15) is 22.7 Å². The van der Waals surface area contributed by atoms with Gasteiger partial charge in [-0.2, -0.15) is 10.5 Å². The highest BCUT2D eigenvalue weighted by Crippen LogP contribution is 2.27. The van der Waals surface area contributed by atoms with Crippen molar-refractivity contribution in [3.8, 4) is 12.1 Å². The maximum atomic E-state index is 10.5. The third-order valence-corrected chi connectivity index (χ3v) is 2.07. The molecule has 0 unspecified atom stereocenters. The van der Waals surface area contributed by atoms with E-state index in [-0.39, 0.29) is 16.3 Å². The normalized spacial score (nSPS) is 8.65. The molecule has 0 bridgehead atoms. The zero-order valence-corrected chi connectivity index (χ0v) is 9.10. The molecule has 0 aromatic heterocycles. The van der Waals surface area contributed by atoms with Crippen molar-refractivity contribution in [2.75, 3.05) is 5.32 Å². The Morgan fingerprint density at radius 1 is 1.47 bits per heavy atom. The molecule has 0 amide bonds. The van der Waals surface area contributed by atoms with Gasteiger partial charge in [-0.15, -0.1) is 0 Å². The standard InChI is InChI=1S/C10H5ClN4O2/c11-9-3-8(1-2-10(9)15(16)17)14-6-7(4-12)5-13/h1-3,6,14H. The van der Waals surface area contributed by atoms with Crippen LogP contribution in [0.4, 0.5) is 11.4 Å². The first-order chi connectivity index (χ1) is 8.08. The number of nitriles is 2. The van der Waals surface area contributed by atoms with E-state index in [0.29, 0.717) is 5.69 Å². The fourth-order valence-electron chi connectivity index (χ4n) is 0.990. The molecule has 1 rings (SSSR count). The Kier molecular flexibility index (Phi) is 4.04. The Labute approximate surface area is 101 Å². The summed E-state index contributed by atoms with van der Waals surface area (Å²) in [7, 11) is 0. The highest BCUT2D eigenvalue weighted by Gasteiger charge is 2.11. The molecular weight excluding hydrogens is 244 g/mol. The maximum Gasteiger partial charge on any atom is 0.288 e. The Balaban J connectivity index is 2.94. The number of anilines is 1. The lowest BCUT2D eigenvalue weighted by atomic mass is 10.3. The second kappa shape index (κ2) is 5.50. The van der Waals surface area contributed by atoms with Crippen molar-refractivity contribution >= 4 is 23.0 Å². The molecule has 0 saturated heterocycles. The number of nitro benzene ring substituents is 1. The highest BCUT2D eigenvalue weighted by atomic mass is 35.5. The third-order valence-electron chi connectivity index (χ3n) is 1.77. The molecule has 0 heterocycles. The first-order valence-corrected chi connectivity index (χ1v) is 4.67. The molecule has 0 atom stereocenters. The molecule has 0 aliphatic carbocycles. The zero-order chi connectivity index (χ0) is 12.8. The van der Waals surface area contributed by atoms with E-state index >= 15 is 0 Å². The number of hydrogen-bond donors (Lipinski definition) is 1. The average molecular weight is 249 g/mol. The monoisotopic (exact) mass is 248 g/mol. The van der Waals surface area contributed by atoms with Crippen LogP contribution in [0.5, 0.6) is 0 Å². The molecule has 1 aromatic rings. The highest BCUT2D eigenvalue weighted by molar-refractivity contribution is 6.32. The maximum absolute atomic E-state index is 10.5. The molecule has 1 aromatic carbocycles. The van der Waals surface area contributed by atoms with Crippen LogP contribution in [-0.4, -0.2) is 4.92 Å². The SMILES string of the molecule is N#CC(C#N)=CNc1ccc([N+](=O)[O-])c(Cl)c1. The van der Waals surface area contributed by atoms with Crippen LogP contribution in [0.1, 0.15) is 0 Å². The fourth-order valence-corrected chi connectivity index (χ4v) is 1.24. The zero-order valence-electron chi connectivity index (χ0n) is 8.35. The van der Waals surface area contributed by atoms with Crippen molar-refractivity contribution in [1.82, 2.24) is 0 Å². The summed E-state index contributed by atoms with van der Waals surface area (Å²) in [5.41, 5.74) is 0.130. The Morgan fingerprint density at radius 3 is 2.59 bits per heavy atom. The quantitative estimate of drug-likeness (QED) is 0.503. The molecule has 0 aliphatic heterocycles. The van der Waals surface area contributed by atoms with E-state index in [0.717, 1.165) is 0 Å². The lowest BCUT2D eigenvalue weighted by Gasteiger charge is -2.01. The average Bonchev–Trinajstić information content (AvgIpc) is 2.30. The van der Waals surface area contributed by atoms with Crippen molar-refractivity contribution in [2.24, 2.45) is 0 Å². The summed E-state index contributed by atoms with van der Waals surface area (Å²) in [6.45, 7) is 0. The van der Waals surface area contributed by atoms with Crippen LogP contribution in [0.2, 0.25) is 5.02 Å². The van der Waals surface area contributed by atoms with Crippen LogP contribution in [0.3, 0.4) is 0 Å². The van der Waals surface area contributed by atoms with Crippen LogP contribution in [0.25, 0.3) is 0 Å². The topological polar surface area (TPSA) is 103 Å². The van der Waals surface area contributed by atoms with Gasteiger partial charge in [-0.1, -0.05) is 11.6 Å². The summed E-state index contributed by atoms with van der Waals surface area (Å²) in [5, 5.41) is 30.1. The van der Waals surface area contributed by atoms with Gasteiger partial charge in [-0.25, -0.2) is 0 Å². The van der Waals surface area contributed by atoms with Crippen LogP contribution in [0, 0.1) is 32.8 Å². The van der Waals surface area contributed by atoms with Crippen LogP contribution < -0.4 is 5.32 Å². The summed E-state index contributed by atoms with van der Waals surface area (Å²) in [6.07, 6.45) is 1.19. The molecule has 7 heteroatoms. The van der Waals surface area contributed by atoms with Crippen molar-refractivity contribution < 1.29 is 4.92 Å². The predicted octanol–water partition coefficient (Wildman–Crippen LogP) is 2.59. The molecule has 0 radical (unpaired) electrons. The summed E-state index contributed by atoms with van der Waals surface area (Å²) in [4.78, 5) is 9.90. The molecule has 1 N–H and O–H groups in total. The first kappa shape index (κ1) is 12.5. The molecule has 84 valence electrons. The van der Waals surface area contributed by atoms with E-state index < -0.39 is 4.92 Å². The van der Waals surface area contributed by atoms with Crippen molar-refractivity contribution in [3.05, 3.63) is 45.1 Å². The number of nitrogens with zero attached hydrogens (tertiary/aromatic N) is 3. The molecule has 6 nitrogen and oxygen atoms in total. The van der Waals surface area contributed by atoms with E-state index in [1.165, 1.54) is 24.4 Å². The Bertz CT molecular complexity index is 553. The lowest BCUT2D eigenvalue weighted by Crippen LogP contribution is -1.93. The van der Waals surface area contributed by atoms with Gasteiger partial charge in [0.25, 0.3) is 5.69 Å². The third kappa shape index (κ3) is 3.20. The van der Waals surface area contributed by atoms with Crippen molar-refractivity contribution in [2.45, 2.75) is 0 Å². The smallest absolute Gasteiger partial charge is 0.288 e. The minimum Gasteiger partial charge on any atom is -0.360 e. The minimum absolute atomic E-state index is 0.0242. The molecule has 17 heavy (non-hydrogen) atoms. The van der Waals surface area contributed by atoms with Crippen LogP contribution in [-0.2, 0) is 0 Å². The second-order valence-corrected chi connectivity index (χ2v) is 3.26. The number of allylic oxidation sites excluding steroid dienone is 1. The number of rotatable bonds is 3. The van der Waals surface area contributed by atoms with Gasteiger partial charge in [-0.3, -0.25) is 10.1 Å². The Hall–Kier alpha value is -2.57. The van der Waals surface area contributed by atoms with Crippen LogP contribution in [0.15, 0.2) is 30.0 Å². The molecule has 0 spiro atoms. The number of hydrogen-bond acceptors (Lipinski definition) is 5. The lowest BCUT2D eigenvalue weighted by molar-refractivity contribution is -0.384. The molecule has 0 saturated carbocycles. The number of benzene rings is 1. The predicted molar refractivity (Wildman–Crippen MR) is 61.0 cm³/mol. The van der Waals surface area contributed by atoms with Gasteiger partial charge in [0.05, 0.1) is 4.92 Å². The number of halogens is 1. The largest absolute Gasteiger partial charge is 0.360 e. The molecule has 0 aliphatic rings. The first-order valence-electron chi connectivity index (χ1n) is 4.29. The molecular formula is C10H5ClN4O2. The van der Waals surface area contributed by atoms with Gasteiger partial charge >= 0.3 is 0 Å². The number of nitro groups is 1.